The molecule has 212 valence electrons. The molecule has 0 radical (unpaired) electrons. The molecule has 2 aromatic carbocycles. The third-order valence-corrected chi connectivity index (χ3v) is 5.92. The summed E-state index contributed by atoms with van der Waals surface area (Å²) in [4.78, 5) is 30.7. The van der Waals surface area contributed by atoms with Gasteiger partial charge in [0.1, 0.15) is 18.0 Å². The number of carbonyl (C=O) groups is 2. The fourth-order valence-electron chi connectivity index (χ4n) is 3.94. The standard InChI is InChI=1S/C29H38N2O8/c1-28(2,3)39-25(33)13-14-29(27(34)30-18-20-7-12-23(35-4)24(17-20)36-5)19-38-26(31-29)21-8-10-22(11-9-21)37-16-6-15-32/h7-12,17,32H,6,13-16,18-19H2,1-5H3,(H,30,34)/t29-/m1/s1. The molecule has 10 heteroatoms. The topological polar surface area (TPSA) is 125 Å². The first-order chi connectivity index (χ1) is 18.6. The van der Waals surface area contributed by atoms with Crippen molar-refractivity contribution in [1.29, 1.82) is 0 Å². The van der Waals surface area contributed by atoms with Crippen LogP contribution in [0.15, 0.2) is 47.5 Å². The van der Waals surface area contributed by atoms with E-state index >= 15 is 0 Å². The van der Waals surface area contributed by atoms with Crippen molar-refractivity contribution in [3.63, 3.8) is 0 Å². The van der Waals surface area contributed by atoms with Gasteiger partial charge >= 0.3 is 5.97 Å². The molecule has 0 spiro atoms. The van der Waals surface area contributed by atoms with Gasteiger partial charge in [0.15, 0.2) is 17.0 Å². The second kappa shape index (κ2) is 13.3. The zero-order valence-corrected chi connectivity index (χ0v) is 23.2. The minimum Gasteiger partial charge on any atom is -0.494 e. The van der Waals surface area contributed by atoms with Crippen LogP contribution >= 0.6 is 0 Å². The van der Waals surface area contributed by atoms with Gasteiger partial charge in [0, 0.05) is 31.6 Å². The summed E-state index contributed by atoms with van der Waals surface area (Å²) in [6, 6.07) is 12.5. The Bertz CT molecular complexity index is 1160. The van der Waals surface area contributed by atoms with E-state index in [0.717, 1.165) is 5.56 Å². The lowest BCUT2D eigenvalue weighted by molar-refractivity contribution is -0.155. The minimum atomic E-state index is -1.31. The Morgan fingerprint density at radius 1 is 1.08 bits per heavy atom. The highest BCUT2D eigenvalue weighted by atomic mass is 16.6. The first kappa shape index (κ1) is 29.8. The molecule has 0 aliphatic carbocycles. The first-order valence-corrected chi connectivity index (χ1v) is 12.9. The number of amides is 1. The third-order valence-electron chi connectivity index (χ3n) is 5.92. The van der Waals surface area contributed by atoms with Crippen LogP contribution in [0.4, 0.5) is 0 Å². The number of aliphatic imine (C=N–C) groups is 1. The molecule has 1 atom stereocenters. The van der Waals surface area contributed by atoms with E-state index in [1.54, 1.807) is 71.4 Å². The number of methoxy groups -OCH3 is 2. The number of benzene rings is 2. The Morgan fingerprint density at radius 3 is 2.44 bits per heavy atom. The number of carbonyl (C=O) groups excluding carboxylic acids is 2. The van der Waals surface area contributed by atoms with Crippen molar-refractivity contribution in [3.05, 3.63) is 53.6 Å². The fourth-order valence-corrected chi connectivity index (χ4v) is 3.94. The van der Waals surface area contributed by atoms with E-state index in [2.05, 4.69) is 5.32 Å². The van der Waals surface area contributed by atoms with Crippen molar-refractivity contribution in [2.45, 2.75) is 57.7 Å². The second-order valence-corrected chi connectivity index (χ2v) is 10.1. The van der Waals surface area contributed by atoms with Crippen molar-refractivity contribution in [2.75, 3.05) is 34.0 Å². The smallest absolute Gasteiger partial charge is 0.306 e. The zero-order valence-electron chi connectivity index (χ0n) is 23.2. The van der Waals surface area contributed by atoms with Crippen LogP contribution in [0.3, 0.4) is 0 Å². The lowest BCUT2D eigenvalue weighted by Gasteiger charge is -2.24. The third kappa shape index (κ3) is 8.35. The number of hydrogen-bond donors (Lipinski definition) is 2. The fraction of sp³-hybridized carbons (Fsp3) is 0.483. The monoisotopic (exact) mass is 542 g/mol. The summed E-state index contributed by atoms with van der Waals surface area (Å²) in [6.07, 6.45) is 0.653. The Kier molecular flexibility index (Phi) is 10.2. The highest BCUT2D eigenvalue weighted by Gasteiger charge is 2.44. The quantitative estimate of drug-likeness (QED) is 0.291. The van der Waals surface area contributed by atoms with E-state index < -0.39 is 17.1 Å². The molecule has 1 aliphatic heterocycles. The molecule has 0 saturated heterocycles. The molecule has 0 bridgehead atoms. The van der Waals surface area contributed by atoms with E-state index in [9.17, 15) is 9.59 Å². The number of esters is 1. The van der Waals surface area contributed by atoms with Crippen LogP contribution in [-0.2, 0) is 25.6 Å². The van der Waals surface area contributed by atoms with Crippen LogP contribution in [0, 0.1) is 0 Å². The van der Waals surface area contributed by atoms with Crippen LogP contribution in [-0.4, -0.2) is 68.1 Å². The normalized spacial score (nSPS) is 16.6. The summed E-state index contributed by atoms with van der Waals surface area (Å²) in [7, 11) is 3.10. The number of nitrogens with zero attached hydrogens (tertiary/aromatic N) is 1. The molecule has 0 saturated carbocycles. The van der Waals surface area contributed by atoms with Gasteiger partial charge in [-0.2, -0.15) is 0 Å². The van der Waals surface area contributed by atoms with Gasteiger partial charge in [0.05, 0.1) is 20.8 Å². The second-order valence-electron chi connectivity index (χ2n) is 10.1. The number of ether oxygens (including phenoxy) is 5. The van der Waals surface area contributed by atoms with Gasteiger partial charge in [0.2, 0.25) is 5.90 Å². The summed E-state index contributed by atoms with van der Waals surface area (Å²) in [5.74, 6) is 1.32. The minimum absolute atomic E-state index is 0.00117. The molecule has 0 unspecified atom stereocenters. The molecule has 3 rings (SSSR count). The maximum absolute atomic E-state index is 13.5. The number of aliphatic hydroxyl groups is 1. The van der Waals surface area contributed by atoms with Gasteiger partial charge in [-0.15, -0.1) is 0 Å². The molecule has 39 heavy (non-hydrogen) atoms. The average molecular weight is 543 g/mol. The van der Waals surface area contributed by atoms with Crippen LogP contribution in [0.25, 0.3) is 0 Å². The molecule has 10 nitrogen and oxygen atoms in total. The summed E-state index contributed by atoms with van der Waals surface area (Å²) in [6.45, 7) is 6.05. The van der Waals surface area contributed by atoms with Crippen LogP contribution in [0.1, 0.15) is 51.2 Å². The lowest BCUT2D eigenvalue weighted by atomic mass is 9.94. The molecule has 2 N–H and O–H groups in total. The van der Waals surface area contributed by atoms with E-state index in [4.69, 9.17) is 33.8 Å². The zero-order chi connectivity index (χ0) is 28.5. The molecule has 2 aromatic rings. The maximum Gasteiger partial charge on any atom is 0.306 e. The van der Waals surface area contributed by atoms with Gasteiger partial charge in [0.25, 0.3) is 5.91 Å². The molecule has 0 aromatic heterocycles. The molecule has 1 heterocycles. The van der Waals surface area contributed by atoms with Gasteiger partial charge < -0.3 is 34.1 Å². The van der Waals surface area contributed by atoms with Crippen LogP contribution in [0.5, 0.6) is 17.2 Å². The SMILES string of the molecule is COc1ccc(CNC(=O)[C@@]2(CCC(=O)OC(C)(C)C)COC(c3ccc(OCCCO)cc3)=N2)cc1OC. The van der Waals surface area contributed by atoms with E-state index in [0.29, 0.717) is 41.7 Å². The Hall–Kier alpha value is -3.79. The summed E-state index contributed by atoms with van der Waals surface area (Å²) < 4.78 is 27.6. The van der Waals surface area contributed by atoms with Crippen molar-refractivity contribution in [3.8, 4) is 17.2 Å². The van der Waals surface area contributed by atoms with Crippen LogP contribution in [0.2, 0.25) is 0 Å². The first-order valence-electron chi connectivity index (χ1n) is 12.9. The highest BCUT2D eigenvalue weighted by molar-refractivity contribution is 6.00. The average Bonchev–Trinajstić information content (AvgIpc) is 3.36. The van der Waals surface area contributed by atoms with Crippen molar-refractivity contribution in [1.82, 2.24) is 5.32 Å². The molecule has 1 aliphatic rings. The maximum atomic E-state index is 13.5. The molecule has 1 amide bonds. The summed E-state index contributed by atoms with van der Waals surface area (Å²) in [5.41, 5.74) is -0.458. The van der Waals surface area contributed by atoms with E-state index in [1.807, 2.05) is 6.07 Å². The van der Waals surface area contributed by atoms with Crippen molar-refractivity contribution >= 4 is 17.8 Å². The van der Waals surface area contributed by atoms with Crippen molar-refractivity contribution < 1.29 is 38.4 Å². The largest absolute Gasteiger partial charge is 0.494 e. The van der Waals surface area contributed by atoms with Gasteiger partial charge in [-0.25, -0.2) is 4.99 Å². The van der Waals surface area contributed by atoms with Crippen molar-refractivity contribution in [2.24, 2.45) is 4.99 Å². The molecular formula is C29H38N2O8. The number of hydrogen-bond acceptors (Lipinski definition) is 9. The molecule has 0 fully saturated rings. The number of nitrogens with one attached hydrogen (secondary N) is 1. The van der Waals surface area contributed by atoms with Crippen LogP contribution < -0.4 is 19.5 Å². The molecular weight excluding hydrogens is 504 g/mol. The predicted molar refractivity (Wildman–Crippen MR) is 145 cm³/mol. The van der Waals surface area contributed by atoms with E-state index in [-0.39, 0.29) is 38.5 Å². The Balaban J connectivity index is 1.78. The summed E-state index contributed by atoms with van der Waals surface area (Å²) in [5, 5.41) is 11.9. The lowest BCUT2D eigenvalue weighted by Crippen LogP contribution is -2.47. The predicted octanol–water partition coefficient (Wildman–Crippen LogP) is 3.42. The number of rotatable bonds is 13. The van der Waals surface area contributed by atoms with E-state index in [1.165, 1.54) is 0 Å². The van der Waals surface area contributed by atoms with Gasteiger partial charge in [-0.3, -0.25) is 9.59 Å². The Morgan fingerprint density at radius 2 is 1.79 bits per heavy atom. The number of aliphatic hydroxyl groups excluding tert-OH is 1. The summed E-state index contributed by atoms with van der Waals surface area (Å²) >= 11 is 0. The van der Waals surface area contributed by atoms with Gasteiger partial charge in [-0.1, -0.05) is 6.07 Å². The Labute approximate surface area is 229 Å². The van der Waals surface area contributed by atoms with Gasteiger partial charge in [-0.05, 0) is 69.2 Å². The highest BCUT2D eigenvalue weighted by Crippen LogP contribution is 2.30.